The molecule has 1 aliphatic carbocycles. The van der Waals surface area contributed by atoms with Gasteiger partial charge in [0.05, 0.1) is 0 Å². The summed E-state index contributed by atoms with van der Waals surface area (Å²) in [5.74, 6) is -2.12. The molecular formula is C19H26F2. The van der Waals surface area contributed by atoms with Crippen LogP contribution in [-0.2, 0) is 0 Å². The molecule has 0 radical (unpaired) electrons. The molecule has 116 valence electrons. The predicted octanol–water partition coefficient (Wildman–Crippen LogP) is 6.57. The minimum Gasteiger partial charge on any atom is -0.207 e. The zero-order valence-electron chi connectivity index (χ0n) is 13.0. The summed E-state index contributed by atoms with van der Waals surface area (Å²) >= 11 is 0. The quantitative estimate of drug-likeness (QED) is 0.520. The molecule has 0 amide bonds. The van der Waals surface area contributed by atoms with E-state index in [0.29, 0.717) is 18.8 Å². The predicted molar refractivity (Wildman–Crippen MR) is 85.8 cm³/mol. The van der Waals surface area contributed by atoms with Gasteiger partial charge in [0.15, 0.2) is 0 Å². The van der Waals surface area contributed by atoms with Gasteiger partial charge in [0.25, 0.3) is 0 Å². The molecular weight excluding hydrogens is 266 g/mol. The van der Waals surface area contributed by atoms with Gasteiger partial charge in [-0.2, -0.15) is 0 Å². The van der Waals surface area contributed by atoms with E-state index in [1.54, 1.807) is 0 Å². The summed E-state index contributed by atoms with van der Waals surface area (Å²) in [5.41, 5.74) is 2.42. The standard InChI is InChI=1S/C19H26F2/c1-2-3-4-5-6-7-16-8-10-17(11-9-16)18-12-14-19(20,21)15-13-18/h6-11,18H,2-5,12-15H2,1H3/b7-6+. The van der Waals surface area contributed by atoms with Crippen molar-refractivity contribution in [3.63, 3.8) is 0 Å². The molecule has 0 saturated heterocycles. The topological polar surface area (TPSA) is 0 Å². The summed E-state index contributed by atoms with van der Waals surface area (Å²) in [4.78, 5) is 0. The van der Waals surface area contributed by atoms with Crippen LogP contribution in [-0.4, -0.2) is 5.92 Å². The fourth-order valence-corrected chi connectivity index (χ4v) is 2.98. The van der Waals surface area contributed by atoms with Crippen LogP contribution < -0.4 is 0 Å². The Hall–Kier alpha value is -1.18. The second-order valence-corrected chi connectivity index (χ2v) is 6.20. The lowest BCUT2D eigenvalue weighted by Crippen LogP contribution is -2.23. The molecule has 2 heteroatoms. The van der Waals surface area contributed by atoms with Crippen molar-refractivity contribution >= 4 is 6.08 Å². The maximum atomic E-state index is 13.2. The zero-order chi connectivity index (χ0) is 15.1. The molecule has 0 N–H and O–H groups in total. The van der Waals surface area contributed by atoms with Crippen molar-refractivity contribution in [2.45, 2.75) is 70.1 Å². The molecule has 0 aromatic heterocycles. The van der Waals surface area contributed by atoms with Crippen LogP contribution in [0.25, 0.3) is 6.08 Å². The first-order chi connectivity index (χ1) is 10.1. The second kappa shape index (κ2) is 7.72. The molecule has 0 unspecified atom stereocenters. The third kappa shape index (κ3) is 5.26. The molecule has 2 rings (SSSR count). The van der Waals surface area contributed by atoms with Gasteiger partial charge in [0, 0.05) is 12.8 Å². The third-order valence-corrected chi connectivity index (χ3v) is 4.41. The van der Waals surface area contributed by atoms with Gasteiger partial charge >= 0.3 is 0 Å². The summed E-state index contributed by atoms with van der Waals surface area (Å²) in [6, 6.07) is 8.44. The molecule has 1 fully saturated rings. The van der Waals surface area contributed by atoms with E-state index in [1.807, 2.05) is 0 Å². The Morgan fingerprint density at radius 2 is 1.76 bits per heavy atom. The second-order valence-electron chi connectivity index (χ2n) is 6.20. The highest BCUT2D eigenvalue weighted by molar-refractivity contribution is 5.49. The first-order valence-corrected chi connectivity index (χ1v) is 8.25. The molecule has 21 heavy (non-hydrogen) atoms. The van der Waals surface area contributed by atoms with Gasteiger partial charge in [0.2, 0.25) is 5.92 Å². The van der Waals surface area contributed by atoms with Crippen LogP contribution in [0.5, 0.6) is 0 Å². The minimum atomic E-state index is -2.43. The van der Waals surface area contributed by atoms with E-state index in [2.05, 4.69) is 43.3 Å². The summed E-state index contributed by atoms with van der Waals surface area (Å²) in [6.07, 6.45) is 10.6. The summed E-state index contributed by atoms with van der Waals surface area (Å²) in [7, 11) is 0. The van der Waals surface area contributed by atoms with Gasteiger partial charge in [-0.3, -0.25) is 0 Å². The maximum Gasteiger partial charge on any atom is 0.248 e. The van der Waals surface area contributed by atoms with E-state index in [9.17, 15) is 8.78 Å². The highest BCUT2D eigenvalue weighted by Crippen LogP contribution is 2.40. The Labute approximate surface area is 127 Å². The average molecular weight is 292 g/mol. The number of halogens is 2. The molecule has 0 spiro atoms. The minimum absolute atomic E-state index is 0.0384. The summed E-state index contributed by atoms with van der Waals surface area (Å²) < 4.78 is 26.4. The number of allylic oxidation sites excluding steroid dienone is 1. The van der Waals surface area contributed by atoms with E-state index >= 15 is 0 Å². The van der Waals surface area contributed by atoms with Crippen LogP contribution in [0.2, 0.25) is 0 Å². The van der Waals surface area contributed by atoms with Crippen LogP contribution >= 0.6 is 0 Å². The van der Waals surface area contributed by atoms with Crippen molar-refractivity contribution in [2.24, 2.45) is 0 Å². The van der Waals surface area contributed by atoms with Gasteiger partial charge < -0.3 is 0 Å². The molecule has 1 aliphatic rings. The lowest BCUT2D eigenvalue weighted by Gasteiger charge is -2.28. The van der Waals surface area contributed by atoms with Gasteiger partial charge in [-0.25, -0.2) is 8.78 Å². The average Bonchev–Trinajstić information content (AvgIpc) is 2.48. The SMILES string of the molecule is CCCCC/C=C/c1ccc(C2CCC(F)(F)CC2)cc1. The first-order valence-electron chi connectivity index (χ1n) is 8.25. The van der Waals surface area contributed by atoms with Crippen LogP contribution in [0.4, 0.5) is 8.78 Å². The van der Waals surface area contributed by atoms with E-state index in [1.165, 1.54) is 30.4 Å². The van der Waals surface area contributed by atoms with E-state index in [-0.39, 0.29) is 12.8 Å². The normalized spacial score (nSPS) is 19.2. The smallest absolute Gasteiger partial charge is 0.207 e. The van der Waals surface area contributed by atoms with Crippen molar-refractivity contribution in [3.8, 4) is 0 Å². The Morgan fingerprint density at radius 1 is 1.10 bits per heavy atom. The fourth-order valence-electron chi connectivity index (χ4n) is 2.98. The van der Waals surface area contributed by atoms with Gasteiger partial charge in [-0.1, -0.05) is 56.2 Å². The third-order valence-electron chi connectivity index (χ3n) is 4.41. The number of alkyl halides is 2. The molecule has 0 atom stereocenters. The van der Waals surface area contributed by atoms with Gasteiger partial charge in [0.1, 0.15) is 0 Å². The van der Waals surface area contributed by atoms with Gasteiger partial charge in [-0.15, -0.1) is 0 Å². The molecule has 0 aliphatic heterocycles. The van der Waals surface area contributed by atoms with Crippen LogP contribution in [0, 0.1) is 0 Å². The molecule has 0 heterocycles. The van der Waals surface area contributed by atoms with Crippen molar-refractivity contribution in [3.05, 3.63) is 41.5 Å². The number of hydrogen-bond donors (Lipinski definition) is 0. The van der Waals surface area contributed by atoms with Crippen LogP contribution in [0.3, 0.4) is 0 Å². The number of benzene rings is 1. The molecule has 0 nitrogen and oxygen atoms in total. The molecule has 0 bridgehead atoms. The summed E-state index contributed by atoms with van der Waals surface area (Å²) in [5, 5.41) is 0. The number of unbranched alkanes of at least 4 members (excludes halogenated alkanes) is 3. The largest absolute Gasteiger partial charge is 0.248 e. The van der Waals surface area contributed by atoms with Crippen molar-refractivity contribution < 1.29 is 8.78 Å². The Bertz CT molecular complexity index is 435. The van der Waals surface area contributed by atoms with Crippen molar-refractivity contribution in [2.75, 3.05) is 0 Å². The molecule has 1 aromatic rings. The van der Waals surface area contributed by atoms with Gasteiger partial charge in [-0.05, 0) is 42.7 Å². The van der Waals surface area contributed by atoms with Crippen molar-refractivity contribution in [1.29, 1.82) is 0 Å². The number of hydrogen-bond acceptors (Lipinski definition) is 0. The maximum absolute atomic E-state index is 13.2. The van der Waals surface area contributed by atoms with E-state index < -0.39 is 5.92 Å². The van der Waals surface area contributed by atoms with E-state index in [0.717, 1.165) is 6.42 Å². The summed E-state index contributed by atoms with van der Waals surface area (Å²) in [6.45, 7) is 2.21. The highest BCUT2D eigenvalue weighted by Gasteiger charge is 2.35. The highest BCUT2D eigenvalue weighted by atomic mass is 19.3. The lowest BCUT2D eigenvalue weighted by atomic mass is 9.82. The van der Waals surface area contributed by atoms with Crippen molar-refractivity contribution in [1.82, 2.24) is 0 Å². The van der Waals surface area contributed by atoms with Crippen LogP contribution in [0.15, 0.2) is 30.3 Å². The van der Waals surface area contributed by atoms with Crippen LogP contribution in [0.1, 0.15) is 75.3 Å². The van der Waals surface area contributed by atoms with E-state index in [4.69, 9.17) is 0 Å². The molecule has 1 saturated carbocycles. The monoisotopic (exact) mass is 292 g/mol. The Balaban J connectivity index is 1.84. The zero-order valence-corrected chi connectivity index (χ0v) is 13.0. The molecule has 1 aromatic carbocycles. The first kappa shape index (κ1) is 16.2. The number of rotatable bonds is 6. The Morgan fingerprint density at radius 3 is 2.38 bits per heavy atom. The lowest BCUT2D eigenvalue weighted by molar-refractivity contribution is -0.0382. The Kier molecular flexibility index (Phi) is 5.96. The fraction of sp³-hybridized carbons (Fsp3) is 0.579.